The Morgan fingerprint density at radius 2 is 2.28 bits per heavy atom. The Balaban J connectivity index is 2.14. The molecule has 0 bridgehead atoms. The maximum absolute atomic E-state index is 11.2. The number of carbonyl (C=O) groups is 1. The van der Waals surface area contributed by atoms with Crippen LogP contribution in [0.3, 0.4) is 0 Å². The maximum atomic E-state index is 11.2. The molecule has 1 atom stereocenters. The maximum Gasteiger partial charge on any atom is 0.336 e. The highest BCUT2D eigenvalue weighted by Gasteiger charge is 2.19. The molecular formula is C14H13NO3. The number of carboxylic acid groups (broad SMARTS) is 1. The molecule has 0 amide bonds. The van der Waals surface area contributed by atoms with Gasteiger partial charge in [0.1, 0.15) is 0 Å². The Bertz CT molecular complexity index is 603. The highest BCUT2D eigenvalue weighted by molar-refractivity contribution is 6.02. The normalized spacial score (nSPS) is 19.2. The highest BCUT2D eigenvalue weighted by atomic mass is 16.5. The van der Waals surface area contributed by atoms with E-state index in [9.17, 15) is 9.90 Å². The summed E-state index contributed by atoms with van der Waals surface area (Å²) in [6.07, 6.45) is 2.53. The fourth-order valence-electron chi connectivity index (χ4n) is 2.40. The van der Waals surface area contributed by atoms with Crippen LogP contribution in [0.4, 0.5) is 0 Å². The molecule has 92 valence electrons. The van der Waals surface area contributed by atoms with Crippen LogP contribution in [0.15, 0.2) is 30.5 Å². The van der Waals surface area contributed by atoms with Gasteiger partial charge in [-0.25, -0.2) is 4.79 Å². The molecule has 1 unspecified atom stereocenters. The number of hydrogen-bond acceptors (Lipinski definition) is 3. The minimum atomic E-state index is -0.915. The standard InChI is InChI=1S/C14H13NO3/c16-14(17)11-3-5-15-13-2-1-9(7-12(11)13)10-4-6-18-8-10/h1-3,5,7,10H,4,6,8H2,(H,16,17). The number of benzene rings is 1. The summed E-state index contributed by atoms with van der Waals surface area (Å²) in [6.45, 7) is 1.50. The van der Waals surface area contributed by atoms with Crippen LogP contribution >= 0.6 is 0 Å². The Labute approximate surface area is 104 Å². The first-order valence-electron chi connectivity index (χ1n) is 5.95. The second-order valence-electron chi connectivity index (χ2n) is 4.50. The van der Waals surface area contributed by atoms with E-state index >= 15 is 0 Å². The van der Waals surface area contributed by atoms with Crippen LogP contribution in [0.1, 0.15) is 28.3 Å². The predicted octanol–water partition coefficient (Wildman–Crippen LogP) is 2.44. The molecule has 1 aliphatic heterocycles. The largest absolute Gasteiger partial charge is 0.478 e. The topological polar surface area (TPSA) is 59.4 Å². The van der Waals surface area contributed by atoms with E-state index in [0.717, 1.165) is 24.1 Å². The summed E-state index contributed by atoms with van der Waals surface area (Å²) in [7, 11) is 0. The molecule has 4 nitrogen and oxygen atoms in total. The number of fused-ring (bicyclic) bond motifs is 1. The molecule has 1 saturated heterocycles. The molecule has 18 heavy (non-hydrogen) atoms. The Morgan fingerprint density at radius 3 is 3.00 bits per heavy atom. The summed E-state index contributed by atoms with van der Waals surface area (Å²) in [4.78, 5) is 15.4. The van der Waals surface area contributed by atoms with Crippen molar-refractivity contribution in [1.82, 2.24) is 4.98 Å². The van der Waals surface area contributed by atoms with Crippen molar-refractivity contribution in [3.63, 3.8) is 0 Å². The monoisotopic (exact) mass is 243 g/mol. The second kappa shape index (κ2) is 4.38. The number of aromatic nitrogens is 1. The average molecular weight is 243 g/mol. The number of ether oxygens (including phenoxy) is 1. The van der Waals surface area contributed by atoms with Gasteiger partial charge < -0.3 is 9.84 Å². The van der Waals surface area contributed by atoms with Gasteiger partial charge in [-0.05, 0) is 30.2 Å². The third-order valence-corrected chi connectivity index (χ3v) is 3.40. The van der Waals surface area contributed by atoms with Gasteiger partial charge in [0.05, 0.1) is 17.7 Å². The molecule has 1 aromatic heterocycles. The van der Waals surface area contributed by atoms with Crippen LogP contribution in [-0.2, 0) is 4.74 Å². The van der Waals surface area contributed by atoms with Crippen molar-refractivity contribution in [2.75, 3.05) is 13.2 Å². The van der Waals surface area contributed by atoms with E-state index in [0.29, 0.717) is 23.5 Å². The summed E-state index contributed by atoms with van der Waals surface area (Å²) in [5, 5.41) is 9.89. The summed E-state index contributed by atoms with van der Waals surface area (Å²) in [5.41, 5.74) is 2.16. The number of nitrogens with zero attached hydrogens (tertiary/aromatic N) is 1. The Kier molecular flexibility index (Phi) is 2.72. The molecule has 1 N–H and O–H groups in total. The molecule has 2 heterocycles. The first kappa shape index (κ1) is 11.2. The lowest BCUT2D eigenvalue weighted by molar-refractivity contribution is 0.0699. The van der Waals surface area contributed by atoms with Gasteiger partial charge in [-0.3, -0.25) is 4.98 Å². The molecule has 2 aromatic rings. The molecule has 1 aromatic carbocycles. The molecule has 1 aliphatic rings. The number of rotatable bonds is 2. The number of hydrogen-bond donors (Lipinski definition) is 1. The van der Waals surface area contributed by atoms with E-state index in [1.807, 2.05) is 18.2 Å². The predicted molar refractivity (Wildman–Crippen MR) is 66.9 cm³/mol. The smallest absolute Gasteiger partial charge is 0.336 e. The van der Waals surface area contributed by atoms with E-state index in [2.05, 4.69) is 4.98 Å². The zero-order chi connectivity index (χ0) is 12.5. The van der Waals surface area contributed by atoms with Gasteiger partial charge in [0.15, 0.2) is 0 Å². The zero-order valence-corrected chi connectivity index (χ0v) is 9.80. The van der Waals surface area contributed by atoms with Gasteiger partial charge in [-0.1, -0.05) is 6.07 Å². The first-order valence-corrected chi connectivity index (χ1v) is 5.95. The summed E-state index contributed by atoms with van der Waals surface area (Å²) < 4.78 is 5.37. The van der Waals surface area contributed by atoms with Crippen LogP contribution in [-0.4, -0.2) is 29.3 Å². The van der Waals surface area contributed by atoms with Crippen LogP contribution < -0.4 is 0 Å². The average Bonchev–Trinajstić information content (AvgIpc) is 2.91. The van der Waals surface area contributed by atoms with Gasteiger partial charge in [0.25, 0.3) is 0 Å². The van der Waals surface area contributed by atoms with Gasteiger partial charge in [0.2, 0.25) is 0 Å². The zero-order valence-electron chi connectivity index (χ0n) is 9.80. The van der Waals surface area contributed by atoms with E-state index in [4.69, 9.17) is 4.74 Å². The minimum Gasteiger partial charge on any atom is -0.478 e. The van der Waals surface area contributed by atoms with Crippen molar-refractivity contribution in [3.05, 3.63) is 41.6 Å². The molecular weight excluding hydrogens is 230 g/mol. The van der Waals surface area contributed by atoms with E-state index < -0.39 is 5.97 Å². The van der Waals surface area contributed by atoms with Crippen LogP contribution in [0.25, 0.3) is 10.9 Å². The van der Waals surface area contributed by atoms with Gasteiger partial charge in [-0.2, -0.15) is 0 Å². The van der Waals surface area contributed by atoms with E-state index in [1.165, 1.54) is 6.20 Å². The summed E-state index contributed by atoms with van der Waals surface area (Å²) >= 11 is 0. The number of aromatic carboxylic acids is 1. The van der Waals surface area contributed by atoms with Crippen LogP contribution in [0.2, 0.25) is 0 Å². The lowest BCUT2D eigenvalue weighted by atomic mass is 9.96. The quantitative estimate of drug-likeness (QED) is 0.880. The van der Waals surface area contributed by atoms with Crippen molar-refractivity contribution in [1.29, 1.82) is 0 Å². The summed E-state index contributed by atoms with van der Waals surface area (Å²) in [6, 6.07) is 7.38. The van der Waals surface area contributed by atoms with E-state index in [-0.39, 0.29) is 0 Å². The lowest BCUT2D eigenvalue weighted by Crippen LogP contribution is -2.01. The van der Waals surface area contributed by atoms with Crippen LogP contribution in [0.5, 0.6) is 0 Å². The van der Waals surface area contributed by atoms with Crippen LogP contribution in [0, 0.1) is 0 Å². The Morgan fingerprint density at radius 1 is 1.39 bits per heavy atom. The summed E-state index contributed by atoms with van der Waals surface area (Å²) in [5.74, 6) is -0.543. The van der Waals surface area contributed by atoms with Crippen molar-refractivity contribution >= 4 is 16.9 Å². The van der Waals surface area contributed by atoms with Gasteiger partial charge in [0, 0.05) is 24.1 Å². The minimum absolute atomic E-state index is 0.306. The molecule has 1 fully saturated rings. The molecule has 0 saturated carbocycles. The number of pyridine rings is 1. The molecule has 0 spiro atoms. The van der Waals surface area contributed by atoms with Crippen molar-refractivity contribution in [3.8, 4) is 0 Å². The lowest BCUT2D eigenvalue weighted by Gasteiger charge is -2.10. The SMILES string of the molecule is O=C(O)c1ccnc2ccc(C3CCOC3)cc12. The van der Waals surface area contributed by atoms with Gasteiger partial charge in [-0.15, -0.1) is 0 Å². The van der Waals surface area contributed by atoms with Crippen molar-refractivity contribution in [2.24, 2.45) is 0 Å². The third-order valence-electron chi connectivity index (χ3n) is 3.40. The highest BCUT2D eigenvalue weighted by Crippen LogP contribution is 2.28. The molecule has 0 radical (unpaired) electrons. The molecule has 4 heteroatoms. The second-order valence-corrected chi connectivity index (χ2v) is 4.50. The fourth-order valence-corrected chi connectivity index (χ4v) is 2.40. The molecule has 3 rings (SSSR count). The third kappa shape index (κ3) is 1.84. The first-order chi connectivity index (χ1) is 8.75. The Hall–Kier alpha value is -1.94. The number of carboxylic acids is 1. The van der Waals surface area contributed by atoms with Crippen molar-refractivity contribution < 1.29 is 14.6 Å². The van der Waals surface area contributed by atoms with E-state index in [1.54, 1.807) is 6.07 Å². The van der Waals surface area contributed by atoms with Gasteiger partial charge >= 0.3 is 5.97 Å². The fraction of sp³-hybridized carbons (Fsp3) is 0.286. The molecule has 0 aliphatic carbocycles. The van der Waals surface area contributed by atoms with Crippen molar-refractivity contribution in [2.45, 2.75) is 12.3 Å².